The van der Waals surface area contributed by atoms with Crippen molar-refractivity contribution in [2.24, 2.45) is 0 Å². The Morgan fingerprint density at radius 1 is 0.963 bits per heavy atom. The minimum atomic E-state index is 0.0454. The number of nitrogens with zero attached hydrogens (tertiary/aromatic N) is 3. The van der Waals surface area contributed by atoms with Crippen LogP contribution in [0.4, 0.5) is 17.5 Å². The van der Waals surface area contributed by atoms with Gasteiger partial charge in [-0.05, 0) is 31.9 Å². The Bertz CT molecular complexity index is 950. The molecule has 136 valence electrons. The summed E-state index contributed by atoms with van der Waals surface area (Å²) in [6.07, 6.45) is 2.34. The van der Waals surface area contributed by atoms with E-state index in [-0.39, 0.29) is 5.78 Å². The molecule has 1 aliphatic heterocycles. The predicted molar refractivity (Wildman–Crippen MR) is 109 cm³/mol. The van der Waals surface area contributed by atoms with Crippen molar-refractivity contribution in [3.63, 3.8) is 0 Å². The van der Waals surface area contributed by atoms with Crippen LogP contribution in [0.5, 0.6) is 0 Å². The minimum Gasteiger partial charge on any atom is -0.341 e. The lowest BCUT2D eigenvalue weighted by Gasteiger charge is -2.18. The highest BCUT2D eigenvalue weighted by molar-refractivity contribution is 5.95. The van der Waals surface area contributed by atoms with Crippen LogP contribution in [0.1, 0.15) is 30.1 Å². The molecule has 1 aromatic heterocycles. The Hall–Kier alpha value is -3.21. The molecule has 0 bridgehead atoms. The quantitative estimate of drug-likeness (QED) is 0.671. The number of aromatic nitrogens is 2. The zero-order valence-electron chi connectivity index (χ0n) is 15.4. The molecule has 1 aliphatic rings. The van der Waals surface area contributed by atoms with Crippen LogP contribution >= 0.6 is 0 Å². The largest absolute Gasteiger partial charge is 0.341 e. The average molecular weight is 358 g/mol. The van der Waals surface area contributed by atoms with Gasteiger partial charge in [0.25, 0.3) is 0 Å². The number of Topliss-reactive ketones (excluding diaryl/α,β-unsaturated/α-hetero) is 1. The monoisotopic (exact) mass is 358 g/mol. The molecule has 2 heterocycles. The van der Waals surface area contributed by atoms with Gasteiger partial charge in [-0.3, -0.25) is 4.79 Å². The molecular formula is C22H22N4O. The van der Waals surface area contributed by atoms with Gasteiger partial charge < -0.3 is 10.2 Å². The van der Waals surface area contributed by atoms with Crippen molar-refractivity contribution in [2.75, 3.05) is 23.3 Å². The molecule has 2 aromatic carbocycles. The van der Waals surface area contributed by atoms with Gasteiger partial charge in [0, 0.05) is 36.0 Å². The first-order chi connectivity index (χ1) is 13.2. The van der Waals surface area contributed by atoms with Gasteiger partial charge in [0.2, 0.25) is 5.95 Å². The summed E-state index contributed by atoms with van der Waals surface area (Å²) >= 11 is 0. The van der Waals surface area contributed by atoms with Crippen LogP contribution in [0.3, 0.4) is 0 Å². The minimum absolute atomic E-state index is 0.0454. The van der Waals surface area contributed by atoms with Crippen LogP contribution in [-0.4, -0.2) is 28.8 Å². The van der Waals surface area contributed by atoms with Crippen LogP contribution in [0.15, 0.2) is 60.7 Å². The fourth-order valence-electron chi connectivity index (χ4n) is 3.28. The molecule has 0 saturated carbocycles. The molecular weight excluding hydrogens is 336 g/mol. The maximum absolute atomic E-state index is 11.7. The van der Waals surface area contributed by atoms with Crippen LogP contribution < -0.4 is 10.2 Å². The molecule has 3 aromatic rings. The Kier molecular flexibility index (Phi) is 4.83. The van der Waals surface area contributed by atoms with E-state index in [2.05, 4.69) is 22.3 Å². The second-order valence-corrected chi connectivity index (χ2v) is 6.76. The maximum Gasteiger partial charge on any atom is 0.227 e. The van der Waals surface area contributed by atoms with E-state index in [0.717, 1.165) is 41.8 Å². The molecule has 0 unspecified atom stereocenters. The fourth-order valence-corrected chi connectivity index (χ4v) is 3.28. The third-order valence-electron chi connectivity index (χ3n) is 4.71. The Morgan fingerprint density at radius 2 is 1.74 bits per heavy atom. The smallest absolute Gasteiger partial charge is 0.227 e. The molecule has 1 fully saturated rings. The summed E-state index contributed by atoms with van der Waals surface area (Å²) in [7, 11) is 0. The van der Waals surface area contributed by atoms with Crippen LogP contribution in [0.2, 0.25) is 0 Å². The number of carbonyl (C=O) groups excluding carboxylic acids is 1. The lowest BCUT2D eigenvalue weighted by Crippen LogP contribution is -2.21. The lowest BCUT2D eigenvalue weighted by molar-refractivity contribution is 0.101. The summed E-state index contributed by atoms with van der Waals surface area (Å²) in [5.74, 6) is 1.52. The van der Waals surface area contributed by atoms with Crippen molar-refractivity contribution in [3.05, 3.63) is 66.2 Å². The first-order valence-electron chi connectivity index (χ1n) is 9.26. The highest BCUT2D eigenvalue weighted by Crippen LogP contribution is 2.26. The van der Waals surface area contributed by atoms with Crippen LogP contribution in [0.25, 0.3) is 11.3 Å². The van der Waals surface area contributed by atoms with E-state index in [1.54, 1.807) is 6.92 Å². The number of anilines is 3. The van der Waals surface area contributed by atoms with Crippen molar-refractivity contribution in [1.82, 2.24) is 9.97 Å². The molecule has 0 aliphatic carbocycles. The molecule has 0 spiro atoms. The highest BCUT2D eigenvalue weighted by atomic mass is 16.1. The van der Waals surface area contributed by atoms with Gasteiger partial charge in [-0.2, -0.15) is 4.98 Å². The first kappa shape index (κ1) is 17.2. The molecule has 5 nitrogen and oxygen atoms in total. The third-order valence-corrected chi connectivity index (χ3v) is 4.71. The molecule has 0 radical (unpaired) electrons. The van der Waals surface area contributed by atoms with Crippen molar-refractivity contribution >= 4 is 23.2 Å². The van der Waals surface area contributed by atoms with Gasteiger partial charge in [-0.15, -0.1) is 0 Å². The average Bonchev–Trinajstić information content (AvgIpc) is 3.23. The first-order valence-corrected chi connectivity index (χ1v) is 9.26. The van der Waals surface area contributed by atoms with Crippen LogP contribution in [0, 0.1) is 0 Å². The van der Waals surface area contributed by atoms with Gasteiger partial charge in [-0.1, -0.05) is 42.5 Å². The summed E-state index contributed by atoms with van der Waals surface area (Å²) in [5.41, 5.74) is 3.46. The normalized spacial score (nSPS) is 13.6. The molecule has 0 amide bonds. The third kappa shape index (κ3) is 3.97. The second kappa shape index (κ2) is 7.58. The van der Waals surface area contributed by atoms with Gasteiger partial charge in [-0.25, -0.2) is 4.98 Å². The molecule has 27 heavy (non-hydrogen) atoms. The summed E-state index contributed by atoms with van der Waals surface area (Å²) in [4.78, 5) is 23.4. The van der Waals surface area contributed by atoms with E-state index in [1.807, 2.05) is 48.5 Å². The summed E-state index contributed by atoms with van der Waals surface area (Å²) < 4.78 is 0. The van der Waals surface area contributed by atoms with Gasteiger partial charge in [0.1, 0.15) is 5.82 Å². The van der Waals surface area contributed by atoms with Gasteiger partial charge in [0.15, 0.2) is 5.78 Å². The number of hydrogen-bond donors (Lipinski definition) is 1. The maximum atomic E-state index is 11.7. The summed E-state index contributed by atoms with van der Waals surface area (Å²) in [6, 6.07) is 19.6. The van der Waals surface area contributed by atoms with E-state index < -0.39 is 0 Å². The number of hydrogen-bond acceptors (Lipinski definition) is 5. The van der Waals surface area contributed by atoms with Crippen molar-refractivity contribution in [2.45, 2.75) is 19.8 Å². The second-order valence-electron chi connectivity index (χ2n) is 6.76. The zero-order chi connectivity index (χ0) is 18.6. The van der Waals surface area contributed by atoms with E-state index in [1.165, 1.54) is 12.8 Å². The molecule has 0 atom stereocenters. The standard InChI is InChI=1S/C22H22N4O/c1-16(27)18-10-7-11-19(14-18)23-21-15-20(17-8-3-2-4-9-17)24-22(25-21)26-12-5-6-13-26/h2-4,7-11,14-15H,5-6,12-13H2,1H3,(H,23,24,25). The molecule has 1 saturated heterocycles. The Balaban J connectivity index is 1.71. The van der Waals surface area contributed by atoms with Crippen molar-refractivity contribution < 1.29 is 4.79 Å². The van der Waals surface area contributed by atoms with E-state index >= 15 is 0 Å². The molecule has 4 rings (SSSR count). The highest BCUT2D eigenvalue weighted by Gasteiger charge is 2.17. The number of benzene rings is 2. The zero-order valence-corrected chi connectivity index (χ0v) is 15.4. The molecule has 1 N–H and O–H groups in total. The van der Waals surface area contributed by atoms with E-state index in [9.17, 15) is 4.79 Å². The van der Waals surface area contributed by atoms with Crippen molar-refractivity contribution in [3.8, 4) is 11.3 Å². The van der Waals surface area contributed by atoms with Gasteiger partial charge >= 0.3 is 0 Å². The molecule has 5 heteroatoms. The van der Waals surface area contributed by atoms with Crippen LogP contribution in [-0.2, 0) is 0 Å². The Labute approximate surface area is 159 Å². The number of carbonyl (C=O) groups is 1. The topological polar surface area (TPSA) is 58.1 Å². The summed E-state index contributed by atoms with van der Waals surface area (Å²) in [5, 5.41) is 3.34. The lowest BCUT2D eigenvalue weighted by atomic mass is 10.1. The number of nitrogens with one attached hydrogen (secondary N) is 1. The summed E-state index contributed by atoms with van der Waals surface area (Å²) in [6.45, 7) is 3.54. The fraction of sp³-hybridized carbons (Fsp3) is 0.227. The SMILES string of the molecule is CC(=O)c1cccc(Nc2cc(-c3ccccc3)nc(N3CCCC3)n2)c1. The number of ketones is 1. The van der Waals surface area contributed by atoms with E-state index in [0.29, 0.717) is 5.56 Å². The Morgan fingerprint density at radius 3 is 2.48 bits per heavy atom. The number of rotatable bonds is 5. The predicted octanol–water partition coefficient (Wildman–Crippen LogP) is 4.69. The van der Waals surface area contributed by atoms with E-state index in [4.69, 9.17) is 9.97 Å². The van der Waals surface area contributed by atoms with Crippen molar-refractivity contribution in [1.29, 1.82) is 0 Å². The van der Waals surface area contributed by atoms with Gasteiger partial charge in [0.05, 0.1) is 5.69 Å².